The van der Waals surface area contributed by atoms with Crippen molar-refractivity contribution in [2.75, 3.05) is 44.5 Å². The van der Waals surface area contributed by atoms with Gasteiger partial charge in [-0.1, -0.05) is 25.1 Å². The third-order valence-electron chi connectivity index (χ3n) is 6.14. The molecular weight excluding hydrogens is 448 g/mol. The van der Waals surface area contributed by atoms with Crippen molar-refractivity contribution in [2.45, 2.75) is 32.9 Å². The number of hydrogen-bond acceptors (Lipinski definition) is 5. The summed E-state index contributed by atoms with van der Waals surface area (Å²) in [6.07, 6.45) is -0.246. The molecule has 0 bridgehead atoms. The summed E-state index contributed by atoms with van der Waals surface area (Å²) in [7, 11) is 3.32. The Balaban J connectivity index is 1.88. The van der Waals surface area contributed by atoms with Gasteiger partial charge in [0.2, 0.25) is 5.91 Å². The molecule has 2 aromatic rings. The Morgan fingerprint density at radius 3 is 2.37 bits per heavy atom. The third-order valence-corrected chi connectivity index (χ3v) is 6.14. The largest absolute Gasteiger partial charge is 0.491 e. The molecule has 0 aliphatic carbocycles. The minimum atomic E-state index is -0.416. The van der Waals surface area contributed by atoms with Crippen molar-refractivity contribution in [1.82, 2.24) is 9.80 Å². The van der Waals surface area contributed by atoms with Gasteiger partial charge < -0.3 is 29.9 Å². The highest BCUT2D eigenvalue weighted by molar-refractivity contribution is 6.01. The van der Waals surface area contributed by atoms with Gasteiger partial charge in [0.25, 0.3) is 5.91 Å². The Kier molecular flexibility index (Phi) is 8.70. The highest BCUT2D eigenvalue weighted by atomic mass is 16.5. The second-order valence-corrected chi connectivity index (χ2v) is 8.92. The van der Waals surface area contributed by atoms with Crippen LogP contribution >= 0.6 is 0 Å². The van der Waals surface area contributed by atoms with Crippen molar-refractivity contribution in [3.8, 4) is 5.75 Å². The first-order valence-corrected chi connectivity index (χ1v) is 11.6. The summed E-state index contributed by atoms with van der Waals surface area (Å²) in [5.74, 6) is 0.0659. The van der Waals surface area contributed by atoms with Crippen LogP contribution in [-0.4, -0.2) is 73.6 Å². The molecule has 1 heterocycles. The number of para-hydroxylation sites is 1. The number of amides is 4. The molecule has 1 aliphatic heterocycles. The average molecular weight is 483 g/mol. The number of carbonyl (C=O) groups is 3. The molecule has 1 aliphatic rings. The molecule has 0 radical (unpaired) electrons. The van der Waals surface area contributed by atoms with Gasteiger partial charge in [-0.15, -0.1) is 0 Å². The van der Waals surface area contributed by atoms with E-state index in [1.165, 1.54) is 6.92 Å². The van der Waals surface area contributed by atoms with E-state index < -0.39 is 6.03 Å². The lowest BCUT2D eigenvalue weighted by atomic mass is 10.0. The molecule has 9 heteroatoms. The smallest absolute Gasteiger partial charge is 0.323 e. The standard InChI is InChI=1S/C26H34N4O5/c1-17-14-30(19(3)31)18(2)16-35-23-13-21(28-26(33)27-20-9-7-6-8-10-20)11-12-22(23)25(32)29(4)15-24(17)34-5/h6-13,17-18,24H,14-16H2,1-5H3,(H2,27,28,33)/t17-,18+,24-/m1/s1. The van der Waals surface area contributed by atoms with E-state index in [0.29, 0.717) is 35.8 Å². The fourth-order valence-electron chi connectivity index (χ4n) is 4.10. The summed E-state index contributed by atoms with van der Waals surface area (Å²) >= 11 is 0. The fourth-order valence-corrected chi connectivity index (χ4v) is 4.10. The first-order chi connectivity index (χ1) is 16.7. The molecule has 2 N–H and O–H groups in total. The molecular formula is C26H34N4O5. The van der Waals surface area contributed by atoms with Crippen molar-refractivity contribution in [3.05, 3.63) is 54.1 Å². The summed E-state index contributed by atoms with van der Waals surface area (Å²) in [4.78, 5) is 41.4. The van der Waals surface area contributed by atoms with E-state index in [0.717, 1.165) is 0 Å². The van der Waals surface area contributed by atoms with Crippen molar-refractivity contribution in [2.24, 2.45) is 5.92 Å². The van der Waals surface area contributed by atoms with E-state index in [1.807, 2.05) is 32.0 Å². The van der Waals surface area contributed by atoms with Gasteiger partial charge >= 0.3 is 6.03 Å². The minimum absolute atomic E-state index is 0.00944. The number of likely N-dealkylation sites (N-methyl/N-ethyl adjacent to an activating group) is 1. The first-order valence-electron chi connectivity index (χ1n) is 11.6. The number of rotatable bonds is 3. The van der Waals surface area contributed by atoms with E-state index in [2.05, 4.69) is 10.6 Å². The number of anilines is 2. The molecule has 9 nitrogen and oxygen atoms in total. The number of nitrogens with zero attached hydrogens (tertiary/aromatic N) is 2. The van der Waals surface area contributed by atoms with E-state index in [-0.39, 0.29) is 36.5 Å². The van der Waals surface area contributed by atoms with Crippen LogP contribution in [0, 0.1) is 5.92 Å². The van der Waals surface area contributed by atoms with Crippen molar-refractivity contribution < 1.29 is 23.9 Å². The Labute approximate surface area is 206 Å². The van der Waals surface area contributed by atoms with Crippen molar-refractivity contribution in [3.63, 3.8) is 0 Å². The molecule has 35 heavy (non-hydrogen) atoms. The quantitative estimate of drug-likeness (QED) is 0.695. The van der Waals surface area contributed by atoms with E-state index in [1.54, 1.807) is 54.3 Å². The number of benzene rings is 2. The van der Waals surface area contributed by atoms with Gasteiger partial charge in [-0.05, 0) is 31.2 Å². The van der Waals surface area contributed by atoms with Crippen LogP contribution in [0.3, 0.4) is 0 Å². The van der Waals surface area contributed by atoms with Crippen LogP contribution in [0.1, 0.15) is 31.1 Å². The molecule has 4 amide bonds. The zero-order valence-corrected chi connectivity index (χ0v) is 20.9. The summed E-state index contributed by atoms with van der Waals surface area (Å²) in [5, 5.41) is 5.53. The number of fused-ring (bicyclic) bond motifs is 1. The van der Waals surface area contributed by atoms with Crippen LogP contribution in [-0.2, 0) is 9.53 Å². The molecule has 0 saturated heterocycles. The Morgan fingerprint density at radius 2 is 1.71 bits per heavy atom. The summed E-state index contributed by atoms with van der Waals surface area (Å²) in [6.45, 7) is 6.48. The van der Waals surface area contributed by atoms with Gasteiger partial charge in [-0.3, -0.25) is 9.59 Å². The predicted molar refractivity (Wildman–Crippen MR) is 135 cm³/mol. The van der Waals surface area contributed by atoms with Gasteiger partial charge in [-0.2, -0.15) is 0 Å². The number of carbonyl (C=O) groups excluding carboxylic acids is 3. The predicted octanol–water partition coefficient (Wildman–Crippen LogP) is 3.68. The average Bonchev–Trinajstić information content (AvgIpc) is 2.83. The number of hydrogen-bond donors (Lipinski definition) is 2. The fraction of sp³-hybridized carbons (Fsp3) is 0.423. The summed E-state index contributed by atoms with van der Waals surface area (Å²) in [6, 6.07) is 13.4. The minimum Gasteiger partial charge on any atom is -0.491 e. The zero-order chi connectivity index (χ0) is 25.5. The number of methoxy groups -OCH3 is 1. The molecule has 0 fully saturated rings. The number of nitrogens with one attached hydrogen (secondary N) is 2. The number of ether oxygens (including phenoxy) is 2. The zero-order valence-electron chi connectivity index (χ0n) is 20.9. The second-order valence-electron chi connectivity index (χ2n) is 8.92. The van der Waals surface area contributed by atoms with Gasteiger partial charge in [0.15, 0.2) is 0 Å². The Morgan fingerprint density at radius 1 is 1.03 bits per heavy atom. The van der Waals surface area contributed by atoms with Gasteiger partial charge in [0.1, 0.15) is 12.4 Å². The maximum absolute atomic E-state index is 13.3. The first kappa shape index (κ1) is 26.0. The van der Waals surface area contributed by atoms with E-state index in [9.17, 15) is 14.4 Å². The highest BCUT2D eigenvalue weighted by Crippen LogP contribution is 2.27. The van der Waals surface area contributed by atoms with Crippen LogP contribution < -0.4 is 15.4 Å². The summed E-state index contributed by atoms with van der Waals surface area (Å²) in [5.41, 5.74) is 1.50. The van der Waals surface area contributed by atoms with Crippen LogP contribution in [0.5, 0.6) is 5.75 Å². The molecule has 0 unspecified atom stereocenters. The highest BCUT2D eigenvalue weighted by Gasteiger charge is 2.29. The van der Waals surface area contributed by atoms with Crippen LogP contribution in [0.4, 0.5) is 16.2 Å². The molecule has 0 aromatic heterocycles. The molecule has 188 valence electrons. The topological polar surface area (TPSA) is 100 Å². The molecule has 3 rings (SSSR count). The van der Waals surface area contributed by atoms with Crippen LogP contribution in [0.15, 0.2) is 48.5 Å². The van der Waals surface area contributed by atoms with E-state index >= 15 is 0 Å². The van der Waals surface area contributed by atoms with Crippen LogP contribution in [0.25, 0.3) is 0 Å². The normalized spacial score (nSPS) is 21.2. The maximum Gasteiger partial charge on any atom is 0.323 e. The lowest BCUT2D eigenvalue weighted by molar-refractivity contribution is -0.133. The summed E-state index contributed by atoms with van der Waals surface area (Å²) < 4.78 is 11.7. The monoisotopic (exact) mass is 482 g/mol. The maximum atomic E-state index is 13.3. The molecule has 3 atom stereocenters. The van der Waals surface area contributed by atoms with E-state index in [4.69, 9.17) is 9.47 Å². The Hall–Kier alpha value is -3.59. The number of urea groups is 1. The third kappa shape index (κ3) is 6.73. The lowest BCUT2D eigenvalue weighted by Gasteiger charge is -2.35. The lowest BCUT2D eigenvalue weighted by Crippen LogP contribution is -2.48. The Bertz CT molecular complexity index is 1050. The van der Waals surface area contributed by atoms with Crippen molar-refractivity contribution >= 4 is 29.2 Å². The van der Waals surface area contributed by atoms with Crippen molar-refractivity contribution in [1.29, 1.82) is 0 Å². The molecule has 0 saturated carbocycles. The van der Waals surface area contributed by atoms with Gasteiger partial charge in [-0.25, -0.2) is 4.79 Å². The van der Waals surface area contributed by atoms with Gasteiger partial charge in [0.05, 0.1) is 17.7 Å². The van der Waals surface area contributed by atoms with Gasteiger partial charge in [0, 0.05) is 57.5 Å². The second kappa shape index (κ2) is 11.7. The SMILES string of the molecule is CO[C@@H]1CN(C)C(=O)c2ccc(NC(=O)Nc3ccccc3)cc2OC[C@H](C)N(C(C)=O)C[C@H]1C. The molecule has 0 spiro atoms. The molecule has 2 aromatic carbocycles. The van der Waals surface area contributed by atoms with Crippen LogP contribution in [0.2, 0.25) is 0 Å².